The van der Waals surface area contributed by atoms with Crippen molar-refractivity contribution in [3.05, 3.63) is 29.1 Å². The molecular formula is C18H26N4O. The van der Waals surface area contributed by atoms with E-state index in [2.05, 4.69) is 42.0 Å². The van der Waals surface area contributed by atoms with Crippen LogP contribution in [0.4, 0.5) is 0 Å². The van der Waals surface area contributed by atoms with Gasteiger partial charge >= 0.3 is 0 Å². The Labute approximate surface area is 138 Å². The van der Waals surface area contributed by atoms with Crippen LogP contribution >= 0.6 is 0 Å². The first-order valence-corrected chi connectivity index (χ1v) is 8.24. The first kappa shape index (κ1) is 17.4. The van der Waals surface area contributed by atoms with Gasteiger partial charge in [-0.25, -0.2) is 4.98 Å². The summed E-state index contributed by atoms with van der Waals surface area (Å²) in [5.74, 6) is 0.525. The molecule has 2 heterocycles. The Hall–Kier alpha value is -1.93. The number of aryl methyl sites for hydroxylation is 1. The summed E-state index contributed by atoms with van der Waals surface area (Å²) in [5.41, 5.74) is 1.38. The van der Waals surface area contributed by atoms with E-state index in [4.69, 9.17) is 5.26 Å². The summed E-state index contributed by atoms with van der Waals surface area (Å²) in [6.07, 6.45) is 2.50. The Bertz CT molecular complexity index is 618. The summed E-state index contributed by atoms with van der Waals surface area (Å²) in [6, 6.07) is 5.32. The fourth-order valence-corrected chi connectivity index (χ4v) is 3.04. The molecule has 1 fully saturated rings. The van der Waals surface area contributed by atoms with Gasteiger partial charge in [-0.1, -0.05) is 6.92 Å². The summed E-state index contributed by atoms with van der Waals surface area (Å²) < 4.78 is 0. The van der Waals surface area contributed by atoms with Crippen molar-refractivity contribution >= 4 is 5.91 Å². The Kier molecular flexibility index (Phi) is 5.38. The molecular weight excluding hydrogens is 288 g/mol. The fourth-order valence-electron chi connectivity index (χ4n) is 3.04. The number of pyridine rings is 1. The average molecular weight is 314 g/mol. The zero-order chi connectivity index (χ0) is 17.0. The van der Waals surface area contributed by atoms with Crippen molar-refractivity contribution in [1.82, 2.24) is 15.2 Å². The molecule has 23 heavy (non-hydrogen) atoms. The van der Waals surface area contributed by atoms with E-state index in [9.17, 15) is 4.79 Å². The molecule has 0 radical (unpaired) electrons. The summed E-state index contributed by atoms with van der Waals surface area (Å²) >= 11 is 0. The number of rotatable bonds is 4. The minimum atomic E-state index is -0.185. The van der Waals surface area contributed by atoms with Crippen LogP contribution < -0.4 is 5.32 Å². The van der Waals surface area contributed by atoms with Gasteiger partial charge in [-0.05, 0) is 58.2 Å². The van der Waals surface area contributed by atoms with Crippen molar-refractivity contribution in [2.75, 3.05) is 19.6 Å². The number of nitriles is 1. The lowest BCUT2D eigenvalue weighted by Crippen LogP contribution is -2.54. The molecule has 124 valence electrons. The second kappa shape index (κ2) is 7.10. The van der Waals surface area contributed by atoms with Crippen molar-refractivity contribution < 1.29 is 4.79 Å². The summed E-state index contributed by atoms with van der Waals surface area (Å²) in [5, 5.41) is 11.9. The third-order valence-electron chi connectivity index (χ3n) is 4.63. The normalized spacial score (nSPS) is 19.2. The SMILES string of the molecule is Cc1nc(C(=O)NCC(C)(C)N2CCCC(C)C2)ccc1C#N. The van der Waals surface area contributed by atoms with E-state index in [1.807, 2.05) is 0 Å². The number of carbonyl (C=O) groups excluding carboxylic acids is 1. The second-order valence-corrected chi connectivity index (χ2v) is 7.13. The van der Waals surface area contributed by atoms with Crippen LogP contribution in [0.3, 0.4) is 0 Å². The highest BCUT2D eigenvalue weighted by Gasteiger charge is 2.30. The van der Waals surface area contributed by atoms with E-state index in [0.717, 1.165) is 13.1 Å². The number of aromatic nitrogens is 1. The van der Waals surface area contributed by atoms with Crippen molar-refractivity contribution in [2.45, 2.75) is 46.1 Å². The molecule has 1 aliphatic heterocycles. The van der Waals surface area contributed by atoms with Crippen molar-refractivity contribution in [2.24, 2.45) is 5.92 Å². The summed E-state index contributed by atoms with van der Waals surface area (Å²) in [7, 11) is 0. The number of piperidine rings is 1. The average Bonchev–Trinajstić information content (AvgIpc) is 2.52. The Morgan fingerprint density at radius 3 is 2.87 bits per heavy atom. The van der Waals surface area contributed by atoms with E-state index in [1.165, 1.54) is 12.8 Å². The van der Waals surface area contributed by atoms with Gasteiger partial charge in [0.05, 0.1) is 11.3 Å². The number of carbonyl (C=O) groups is 1. The largest absolute Gasteiger partial charge is 0.349 e. The van der Waals surface area contributed by atoms with Crippen LogP contribution in [0.25, 0.3) is 0 Å². The predicted molar refractivity (Wildman–Crippen MR) is 90.1 cm³/mol. The number of amides is 1. The second-order valence-electron chi connectivity index (χ2n) is 7.13. The maximum Gasteiger partial charge on any atom is 0.269 e. The number of hydrogen-bond donors (Lipinski definition) is 1. The number of hydrogen-bond acceptors (Lipinski definition) is 4. The molecule has 0 aromatic carbocycles. The highest BCUT2D eigenvalue weighted by atomic mass is 16.1. The quantitative estimate of drug-likeness (QED) is 0.927. The molecule has 0 saturated carbocycles. The molecule has 1 aromatic heterocycles. The third kappa shape index (κ3) is 4.29. The molecule has 1 N–H and O–H groups in total. The first-order chi connectivity index (χ1) is 10.8. The van der Waals surface area contributed by atoms with Crippen LogP contribution in [-0.2, 0) is 0 Å². The first-order valence-electron chi connectivity index (χ1n) is 8.24. The number of nitrogens with zero attached hydrogens (tertiary/aromatic N) is 3. The van der Waals surface area contributed by atoms with Gasteiger partial charge in [0.1, 0.15) is 11.8 Å². The van der Waals surface area contributed by atoms with Crippen molar-refractivity contribution in [1.29, 1.82) is 5.26 Å². The summed E-state index contributed by atoms with van der Waals surface area (Å²) in [4.78, 5) is 19.0. The van der Waals surface area contributed by atoms with Gasteiger partial charge in [0.25, 0.3) is 5.91 Å². The van der Waals surface area contributed by atoms with Crippen LogP contribution in [0, 0.1) is 24.2 Å². The van der Waals surface area contributed by atoms with E-state index >= 15 is 0 Å². The van der Waals surface area contributed by atoms with Crippen molar-refractivity contribution in [3.63, 3.8) is 0 Å². The molecule has 5 nitrogen and oxygen atoms in total. The van der Waals surface area contributed by atoms with Gasteiger partial charge in [-0.3, -0.25) is 9.69 Å². The van der Waals surface area contributed by atoms with Crippen molar-refractivity contribution in [3.8, 4) is 6.07 Å². The molecule has 2 rings (SSSR count). The fraction of sp³-hybridized carbons (Fsp3) is 0.611. The molecule has 0 spiro atoms. The molecule has 1 unspecified atom stereocenters. The summed E-state index contributed by atoms with van der Waals surface area (Å²) in [6.45, 7) is 11.1. The van der Waals surface area contributed by atoms with Gasteiger partial charge in [-0.15, -0.1) is 0 Å². The topological polar surface area (TPSA) is 69.0 Å². The smallest absolute Gasteiger partial charge is 0.269 e. The lowest BCUT2D eigenvalue weighted by atomic mass is 9.93. The third-order valence-corrected chi connectivity index (χ3v) is 4.63. The zero-order valence-electron chi connectivity index (χ0n) is 14.5. The minimum absolute atomic E-state index is 0.0774. The zero-order valence-corrected chi connectivity index (χ0v) is 14.5. The van der Waals surface area contributed by atoms with Gasteiger partial charge in [0, 0.05) is 18.6 Å². The molecule has 5 heteroatoms. The molecule has 1 aromatic rings. The van der Waals surface area contributed by atoms with Gasteiger partial charge < -0.3 is 5.32 Å². The maximum absolute atomic E-state index is 12.3. The van der Waals surface area contributed by atoms with Gasteiger partial charge in [-0.2, -0.15) is 5.26 Å². The standard InChI is InChI=1S/C18H26N4O/c1-13-6-5-9-22(11-13)18(3,4)12-20-17(23)16-8-7-15(10-19)14(2)21-16/h7-8,13H,5-6,9,11-12H2,1-4H3,(H,20,23). The van der Waals surface area contributed by atoms with Gasteiger partial charge in [0.15, 0.2) is 0 Å². The molecule has 0 aliphatic carbocycles. The lowest BCUT2D eigenvalue weighted by Gasteiger charge is -2.43. The Morgan fingerprint density at radius 2 is 2.26 bits per heavy atom. The van der Waals surface area contributed by atoms with E-state index < -0.39 is 0 Å². The van der Waals surface area contributed by atoms with Gasteiger partial charge in [0.2, 0.25) is 0 Å². The monoisotopic (exact) mass is 314 g/mol. The number of nitrogens with one attached hydrogen (secondary N) is 1. The highest BCUT2D eigenvalue weighted by molar-refractivity contribution is 5.92. The highest BCUT2D eigenvalue weighted by Crippen LogP contribution is 2.23. The van der Waals surface area contributed by atoms with Crippen LogP contribution in [0.15, 0.2) is 12.1 Å². The maximum atomic E-state index is 12.3. The molecule has 1 amide bonds. The van der Waals surface area contributed by atoms with E-state index in [0.29, 0.717) is 29.4 Å². The lowest BCUT2D eigenvalue weighted by molar-refractivity contribution is 0.0656. The molecule has 1 atom stereocenters. The molecule has 1 aliphatic rings. The number of likely N-dealkylation sites (tertiary alicyclic amines) is 1. The van der Waals surface area contributed by atoms with Crippen LogP contribution in [-0.4, -0.2) is 41.0 Å². The van der Waals surface area contributed by atoms with Crippen LogP contribution in [0.1, 0.15) is 55.4 Å². The van der Waals surface area contributed by atoms with Crippen LogP contribution in [0.5, 0.6) is 0 Å². The van der Waals surface area contributed by atoms with E-state index in [-0.39, 0.29) is 11.4 Å². The van der Waals surface area contributed by atoms with E-state index in [1.54, 1.807) is 19.1 Å². The minimum Gasteiger partial charge on any atom is -0.349 e. The molecule has 1 saturated heterocycles. The Morgan fingerprint density at radius 1 is 1.52 bits per heavy atom. The predicted octanol–water partition coefficient (Wildman–Crippen LogP) is 2.50. The molecule has 0 bridgehead atoms. The Balaban J connectivity index is 1.98. The van der Waals surface area contributed by atoms with Crippen LogP contribution in [0.2, 0.25) is 0 Å².